The minimum atomic E-state index is -0.742. The van der Waals surface area contributed by atoms with Crippen LogP contribution in [-0.4, -0.2) is 35.4 Å². The van der Waals surface area contributed by atoms with Gasteiger partial charge in [-0.1, -0.05) is 62.4 Å². The molecule has 186 valence electrons. The Kier molecular flexibility index (Phi) is 7.44. The standard InChI is InChI=1S/C30H31NO5/c1-19(2)18-36-24-15-14-22(16-20(24)3)28(32)26-27(21-10-6-5-7-11-21)31(30(34)29(26)33)17-23-12-8-9-13-25(23)35-4/h5-16,19,27,32H,17-18H2,1-4H3/b28-26-. The first-order chi connectivity index (χ1) is 17.3. The molecule has 1 fully saturated rings. The number of likely N-dealkylation sites (tertiary alicyclic amines) is 1. The zero-order chi connectivity index (χ0) is 25.8. The predicted octanol–water partition coefficient (Wildman–Crippen LogP) is 5.66. The lowest BCUT2D eigenvalue weighted by Crippen LogP contribution is -2.29. The number of ether oxygens (including phenoxy) is 2. The smallest absolute Gasteiger partial charge is 0.295 e. The molecule has 1 unspecified atom stereocenters. The van der Waals surface area contributed by atoms with Crippen LogP contribution in [0.4, 0.5) is 0 Å². The van der Waals surface area contributed by atoms with E-state index in [0.717, 1.165) is 22.4 Å². The molecule has 1 N–H and O–H groups in total. The summed E-state index contributed by atoms with van der Waals surface area (Å²) in [6, 6.07) is 21.2. The number of nitrogens with zero attached hydrogens (tertiary/aromatic N) is 1. The van der Waals surface area contributed by atoms with E-state index in [4.69, 9.17) is 9.47 Å². The van der Waals surface area contributed by atoms with Gasteiger partial charge in [0.2, 0.25) is 0 Å². The molecule has 0 radical (unpaired) electrons. The molecule has 1 atom stereocenters. The third-order valence-corrected chi connectivity index (χ3v) is 6.21. The summed E-state index contributed by atoms with van der Waals surface area (Å²) in [5, 5.41) is 11.4. The maximum atomic E-state index is 13.3. The first-order valence-corrected chi connectivity index (χ1v) is 12.0. The van der Waals surface area contributed by atoms with Crippen LogP contribution in [0.1, 0.15) is 42.1 Å². The zero-order valence-corrected chi connectivity index (χ0v) is 21.0. The number of aryl methyl sites for hydroxylation is 1. The van der Waals surface area contributed by atoms with E-state index in [1.54, 1.807) is 25.3 Å². The lowest BCUT2D eigenvalue weighted by atomic mass is 9.94. The molecule has 1 amide bonds. The quantitative estimate of drug-likeness (QED) is 0.253. The lowest BCUT2D eigenvalue weighted by molar-refractivity contribution is -0.140. The van der Waals surface area contributed by atoms with Gasteiger partial charge in [0.1, 0.15) is 17.3 Å². The van der Waals surface area contributed by atoms with Crippen LogP contribution in [0.3, 0.4) is 0 Å². The molecule has 4 rings (SSSR count). The van der Waals surface area contributed by atoms with Gasteiger partial charge in [0.15, 0.2) is 0 Å². The van der Waals surface area contributed by atoms with Gasteiger partial charge in [-0.15, -0.1) is 0 Å². The zero-order valence-electron chi connectivity index (χ0n) is 21.0. The van der Waals surface area contributed by atoms with Crippen LogP contribution in [0, 0.1) is 12.8 Å². The van der Waals surface area contributed by atoms with E-state index in [0.29, 0.717) is 23.8 Å². The highest BCUT2D eigenvalue weighted by Gasteiger charge is 2.46. The Hall–Kier alpha value is -4.06. The van der Waals surface area contributed by atoms with E-state index >= 15 is 0 Å². The van der Waals surface area contributed by atoms with E-state index in [1.165, 1.54) is 4.90 Å². The van der Waals surface area contributed by atoms with Gasteiger partial charge in [0.25, 0.3) is 11.7 Å². The highest BCUT2D eigenvalue weighted by molar-refractivity contribution is 6.46. The second-order valence-corrected chi connectivity index (χ2v) is 9.33. The van der Waals surface area contributed by atoms with Gasteiger partial charge in [-0.05, 0) is 48.2 Å². The van der Waals surface area contributed by atoms with Crippen molar-refractivity contribution in [2.24, 2.45) is 5.92 Å². The summed E-state index contributed by atoms with van der Waals surface area (Å²) in [6.07, 6.45) is 0. The van der Waals surface area contributed by atoms with Crippen LogP contribution in [0.15, 0.2) is 78.4 Å². The van der Waals surface area contributed by atoms with Crippen molar-refractivity contribution in [3.63, 3.8) is 0 Å². The van der Waals surface area contributed by atoms with Crippen molar-refractivity contribution in [2.75, 3.05) is 13.7 Å². The summed E-state index contributed by atoms with van der Waals surface area (Å²) < 4.78 is 11.3. The van der Waals surface area contributed by atoms with E-state index in [9.17, 15) is 14.7 Å². The Balaban J connectivity index is 1.79. The number of ketones is 1. The summed E-state index contributed by atoms with van der Waals surface area (Å²) in [5.74, 6) is 0.139. The van der Waals surface area contributed by atoms with Crippen molar-refractivity contribution in [3.05, 3.63) is 101 Å². The van der Waals surface area contributed by atoms with Crippen LogP contribution >= 0.6 is 0 Å². The SMILES string of the molecule is COc1ccccc1CN1C(=O)C(=O)/C(=C(\O)c2ccc(OCC(C)C)c(C)c2)C1c1ccccc1. The van der Waals surface area contributed by atoms with Crippen molar-refractivity contribution in [1.29, 1.82) is 0 Å². The largest absolute Gasteiger partial charge is 0.507 e. The topological polar surface area (TPSA) is 76.1 Å². The minimum Gasteiger partial charge on any atom is -0.507 e. The number of methoxy groups -OCH3 is 1. The fourth-order valence-electron chi connectivity index (χ4n) is 4.41. The lowest BCUT2D eigenvalue weighted by Gasteiger charge is -2.26. The predicted molar refractivity (Wildman–Crippen MR) is 139 cm³/mol. The number of Topliss-reactive ketones (excluding diaryl/α,β-unsaturated/α-hetero) is 1. The molecule has 1 heterocycles. The maximum absolute atomic E-state index is 13.3. The molecule has 6 nitrogen and oxygen atoms in total. The molecule has 3 aromatic rings. The van der Waals surface area contributed by atoms with Crippen LogP contribution in [0.25, 0.3) is 5.76 Å². The summed E-state index contributed by atoms with van der Waals surface area (Å²) in [7, 11) is 1.57. The molecule has 1 saturated heterocycles. The van der Waals surface area contributed by atoms with Gasteiger partial charge in [0, 0.05) is 11.1 Å². The Labute approximate surface area is 211 Å². The van der Waals surface area contributed by atoms with E-state index < -0.39 is 17.7 Å². The molecule has 0 saturated carbocycles. The summed E-state index contributed by atoms with van der Waals surface area (Å²) >= 11 is 0. The molecule has 1 aliphatic rings. The second kappa shape index (κ2) is 10.7. The fraction of sp³-hybridized carbons (Fsp3) is 0.267. The van der Waals surface area contributed by atoms with Crippen LogP contribution in [0.5, 0.6) is 11.5 Å². The molecule has 3 aromatic carbocycles. The molecule has 6 heteroatoms. The number of hydrogen-bond acceptors (Lipinski definition) is 5. The first-order valence-electron chi connectivity index (χ1n) is 12.0. The molecule has 0 aromatic heterocycles. The average molecular weight is 486 g/mol. The van der Waals surface area contributed by atoms with Crippen LogP contribution in [0.2, 0.25) is 0 Å². The van der Waals surface area contributed by atoms with Gasteiger partial charge in [-0.25, -0.2) is 0 Å². The Morgan fingerprint density at radius 1 is 0.972 bits per heavy atom. The Morgan fingerprint density at radius 2 is 1.67 bits per heavy atom. The molecule has 36 heavy (non-hydrogen) atoms. The van der Waals surface area contributed by atoms with Crippen LogP contribution < -0.4 is 9.47 Å². The van der Waals surface area contributed by atoms with E-state index in [1.807, 2.05) is 61.5 Å². The summed E-state index contributed by atoms with van der Waals surface area (Å²) in [4.78, 5) is 28.1. The number of carbonyl (C=O) groups excluding carboxylic acids is 2. The number of aliphatic hydroxyl groups is 1. The average Bonchev–Trinajstić information content (AvgIpc) is 3.13. The minimum absolute atomic E-state index is 0.0661. The highest BCUT2D eigenvalue weighted by Crippen LogP contribution is 2.41. The van der Waals surface area contributed by atoms with Gasteiger partial charge in [0.05, 0.1) is 31.9 Å². The van der Waals surface area contributed by atoms with Crippen LogP contribution in [-0.2, 0) is 16.1 Å². The Bertz CT molecular complexity index is 1300. The summed E-state index contributed by atoms with van der Waals surface area (Å²) in [5.41, 5.74) is 2.86. The van der Waals surface area contributed by atoms with E-state index in [-0.39, 0.29) is 17.9 Å². The van der Waals surface area contributed by atoms with Gasteiger partial charge < -0.3 is 19.5 Å². The second-order valence-electron chi connectivity index (χ2n) is 9.33. The number of rotatable bonds is 8. The third-order valence-electron chi connectivity index (χ3n) is 6.21. The molecule has 0 bridgehead atoms. The number of para-hydroxylation sites is 1. The number of hydrogen-bond donors (Lipinski definition) is 1. The Morgan fingerprint density at radius 3 is 2.33 bits per heavy atom. The number of benzene rings is 3. The van der Waals surface area contributed by atoms with Gasteiger partial charge >= 0.3 is 0 Å². The summed E-state index contributed by atoms with van der Waals surface area (Å²) in [6.45, 7) is 6.77. The molecule has 1 aliphatic heterocycles. The van der Waals surface area contributed by atoms with Crippen molar-refractivity contribution in [2.45, 2.75) is 33.4 Å². The number of amides is 1. The molecular weight excluding hydrogens is 454 g/mol. The molecule has 0 spiro atoms. The monoisotopic (exact) mass is 485 g/mol. The van der Waals surface area contributed by atoms with Crippen molar-refractivity contribution < 1.29 is 24.2 Å². The van der Waals surface area contributed by atoms with E-state index in [2.05, 4.69) is 13.8 Å². The normalized spacial score (nSPS) is 17.0. The number of aliphatic hydroxyl groups excluding tert-OH is 1. The molecule has 0 aliphatic carbocycles. The third kappa shape index (κ3) is 4.98. The van der Waals surface area contributed by atoms with Gasteiger partial charge in [-0.3, -0.25) is 9.59 Å². The number of carbonyl (C=O) groups is 2. The maximum Gasteiger partial charge on any atom is 0.295 e. The molecular formula is C30H31NO5. The van der Waals surface area contributed by atoms with Gasteiger partial charge in [-0.2, -0.15) is 0 Å². The van der Waals surface area contributed by atoms with Crippen molar-refractivity contribution >= 4 is 17.4 Å². The first kappa shape index (κ1) is 25.0. The van der Waals surface area contributed by atoms with Crippen molar-refractivity contribution in [3.8, 4) is 11.5 Å². The van der Waals surface area contributed by atoms with Crippen molar-refractivity contribution in [1.82, 2.24) is 4.90 Å². The highest BCUT2D eigenvalue weighted by atomic mass is 16.5. The fourth-order valence-corrected chi connectivity index (χ4v) is 4.41.